The molecule has 2 rings (SSSR count). The van der Waals surface area contributed by atoms with Crippen molar-refractivity contribution in [2.24, 2.45) is 0 Å². The third kappa shape index (κ3) is 4.65. The van der Waals surface area contributed by atoms with Gasteiger partial charge in [0, 0.05) is 6.42 Å². The van der Waals surface area contributed by atoms with Crippen molar-refractivity contribution < 1.29 is 14.0 Å². The minimum absolute atomic E-state index is 0.212. The van der Waals surface area contributed by atoms with Gasteiger partial charge in [-0.2, -0.15) is 0 Å². The number of benzene rings is 1. The highest BCUT2D eigenvalue weighted by Gasteiger charge is 2.11. The number of halogens is 1. The first-order valence-electron chi connectivity index (χ1n) is 7.06. The molecule has 0 amide bonds. The topological polar surface area (TPSA) is 13.7 Å². The summed E-state index contributed by atoms with van der Waals surface area (Å²) in [6.45, 7) is 4.56. The van der Waals surface area contributed by atoms with Gasteiger partial charge in [-0.05, 0) is 49.9 Å². The molecule has 2 nitrogen and oxygen atoms in total. The summed E-state index contributed by atoms with van der Waals surface area (Å²) in [5.74, 6) is 0.554. The maximum Gasteiger partial charge on any atom is 0.123 e. The fraction of sp³-hybridized carbons (Fsp3) is 0.600. The van der Waals surface area contributed by atoms with Crippen LogP contribution < -0.4 is 9.64 Å². The largest absolute Gasteiger partial charge is 0.493 e. The van der Waals surface area contributed by atoms with Gasteiger partial charge >= 0.3 is 0 Å². The minimum Gasteiger partial charge on any atom is -0.493 e. The first-order valence-corrected chi connectivity index (χ1v) is 7.06. The van der Waals surface area contributed by atoms with Crippen LogP contribution in [0.25, 0.3) is 0 Å². The second kappa shape index (κ2) is 7.37. The van der Waals surface area contributed by atoms with E-state index in [1.54, 1.807) is 17.0 Å². The van der Waals surface area contributed by atoms with Crippen LogP contribution in [0.5, 0.6) is 5.75 Å². The highest BCUT2D eigenvalue weighted by molar-refractivity contribution is 5.21. The lowest BCUT2D eigenvalue weighted by Gasteiger charge is -2.16. The predicted molar refractivity (Wildman–Crippen MR) is 70.5 cm³/mol. The van der Waals surface area contributed by atoms with Gasteiger partial charge < -0.3 is 9.64 Å². The third-order valence-corrected chi connectivity index (χ3v) is 3.57. The molecule has 0 unspecified atom stereocenters. The van der Waals surface area contributed by atoms with E-state index in [2.05, 4.69) is 0 Å². The van der Waals surface area contributed by atoms with Crippen LogP contribution in [0.4, 0.5) is 4.39 Å². The van der Waals surface area contributed by atoms with Crippen molar-refractivity contribution in [2.75, 3.05) is 26.2 Å². The molecule has 0 spiro atoms. The summed E-state index contributed by atoms with van der Waals surface area (Å²) in [6.07, 6.45) is 6.61. The van der Waals surface area contributed by atoms with Crippen molar-refractivity contribution in [1.82, 2.24) is 0 Å². The Hall–Kier alpha value is -1.09. The van der Waals surface area contributed by atoms with Crippen LogP contribution in [-0.4, -0.2) is 26.2 Å². The number of nitrogens with one attached hydrogen (secondary N) is 1. The van der Waals surface area contributed by atoms with Crippen LogP contribution in [0.1, 0.15) is 32.1 Å². The van der Waals surface area contributed by atoms with E-state index in [1.807, 2.05) is 0 Å². The molecule has 0 aliphatic carbocycles. The first-order chi connectivity index (χ1) is 8.84. The van der Waals surface area contributed by atoms with E-state index in [0.717, 1.165) is 18.8 Å². The van der Waals surface area contributed by atoms with E-state index in [9.17, 15) is 4.39 Å². The maximum atomic E-state index is 12.7. The van der Waals surface area contributed by atoms with Gasteiger partial charge in [-0.25, -0.2) is 4.39 Å². The molecule has 1 fully saturated rings. The number of quaternary nitrogens is 1. The average Bonchev–Trinajstić information content (AvgIpc) is 2.65. The Morgan fingerprint density at radius 1 is 1.00 bits per heavy atom. The lowest BCUT2D eigenvalue weighted by atomic mass is 10.2. The highest BCUT2D eigenvalue weighted by atomic mass is 19.1. The molecule has 0 saturated carbocycles. The molecular formula is C15H23FNO+. The average molecular weight is 252 g/mol. The summed E-state index contributed by atoms with van der Waals surface area (Å²) in [5, 5.41) is 0. The predicted octanol–water partition coefficient (Wildman–Crippen LogP) is 2.05. The van der Waals surface area contributed by atoms with Gasteiger partial charge in [-0.3, -0.25) is 0 Å². The summed E-state index contributed by atoms with van der Waals surface area (Å²) < 4.78 is 18.3. The van der Waals surface area contributed by atoms with Crippen molar-refractivity contribution >= 4 is 0 Å². The van der Waals surface area contributed by atoms with E-state index in [1.165, 1.54) is 57.5 Å². The van der Waals surface area contributed by atoms with E-state index in [4.69, 9.17) is 4.74 Å². The zero-order valence-corrected chi connectivity index (χ0v) is 11.0. The zero-order valence-electron chi connectivity index (χ0n) is 11.0. The Labute approximate surface area is 109 Å². The summed E-state index contributed by atoms with van der Waals surface area (Å²) >= 11 is 0. The van der Waals surface area contributed by atoms with Crippen molar-refractivity contribution in [3.8, 4) is 5.75 Å². The first kappa shape index (κ1) is 13.3. The SMILES string of the molecule is Fc1ccc(OCCC[NH+]2CCCCCC2)cc1. The molecule has 0 radical (unpaired) electrons. The van der Waals surface area contributed by atoms with Crippen LogP contribution in [0.2, 0.25) is 0 Å². The van der Waals surface area contributed by atoms with Crippen molar-refractivity contribution in [2.45, 2.75) is 32.1 Å². The van der Waals surface area contributed by atoms with Crippen LogP contribution in [0, 0.1) is 5.82 Å². The van der Waals surface area contributed by atoms with E-state index in [-0.39, 0.29) is 5.82 Å². The standard InChI is InChI=1S/C15H22FNO/c16-14-6-8-15(9-7-14)18-13-5-12-17-10-3-1-2-4-11-17/h6-9H,1-5,10-13H2/p+1. The van der Waals surface area contributed by atoms with Crippen molar-refractivity contribution in [3.05, 3.63) is 30.1 Å². The molecule has 1 aliphatic rings. The Kier molecular flexibility index (Phi) is 5.46. The van der Waals surface area contributed by atoms with E-state index in [0.29, 0.717) is 0 Å². The van der Waals surface area contributed by atoms with Gasteiger partial charge in [0.2, 0.25) is 0 Å². The monoisotopic (exact) mass is 252 g/mol. The van der Waals surface area contributed by atoms with Gasteiger partial charge in [0.05, 0.1) is 26.2 Å². The fourth-order valence-corrected chi connectivity index (χ4v) is 2.52. The van der Waals surface area contributed by atoms with Gasteiger partial charge in [-0.15, -0.1) is 0 Å². The summed E-state index contributed by atoms with van der Waals surface area (Å²) in [5.41, 5.74) is 0. The molecule has 18 heavy (non-hydrogen) atoms. The van der Waals surface area contributed by atoms with Crippen LogP contribution in [0.3, 0.4) is 0 Å². The Morgan fingerprint density at radius 3 is 2.33 bits per heavy atom. The Balaban J connectivity index is 1.61. The molecule has 1 aliphatic heterocycles. The molecule has 0 bridgehead atoms. The summed E-state index contributed by atoms with van der Waals surface area (Å²) in [4.78, 5) is 1.72. The molecule has 1 saturated heterocycles. The lowest BCUT2D eigenvalue weighted by Crippen LogP contribution is -3.11. The molecule has 0 aromatic heterocycles. The minimum atomic E-state index is -0.212. The second-order valence-corrected chi connectivity index (χ2v) is 5.07. The van der Waals surface area contributed by atoms with Crippen LogP contribution in [-0.2, 0) is 0 Å². The quantitative estimate of drug-likeness (QED) is 0.792. The summed E-state index contributed by atoms with van der Waals surface area (Å²) in [6, 6.07) is 6.26. The molecular weight excluding hydrogens is 229 g/mol. The normalized spacial score (nSPS) is 17.4. The molecule has 0 atom stereocenters. The maximum absolute atomic E-state index is 12.7. The van der Waals surface area contributed by atoms with Crippen LogP contribution >= 0.6 is 0 Å². The smallest absolute Gasteiger partial charge is 0.123 e. The molecule has 1 aromatic rings. The third-order valence-electron chi connectivity index (χ3n) is 3.57. The number of rotatable bonds is 5. The molecule has 1 N–H and O–H groups in total. The number of hydrogen-bond donors (Lipinski definition) is 1. The van der Waals surface area contributed by atoms with Gasteiger partial charge in [0.1, 0.15) is 11.6 Å². The highest BCUT2D eigenvalue weighted by Crippen LogP contribution is 2.10. The van der Waals surface area contributed by atoms with Crippen LogP contribution in [0.15, 0.2) is 24.3 Å². The molecule has 3 heteroatoms. The molecule has 1 aromatic carbocycles. The van der Waals surface area contributed by atoms with Gasteiger partial charge in [0.15, 0.2) is 0 Å². The molecule has 100 valence electrons. The Morgan fingerprint density at radius 2 is 1.67 bits per heavy atom. The zero-order chi connectivity index (χ0) is 12.6. The number of likely N-dealkylation sites (tertiary alicyclic amines) is 1. The van der Waals surface area contributed by atoms with E-state index >= 15 is 0 Å². The lowest BCUT2D eigenvalue weighted by molar-refractivity contribution is -0.899. The second-order valence-electron chi connectivity index (χ2n) is 5.07. The fourth-order valence-electron chi connectivity index (χ4n) is 2.52. The number of hydrogen-bond acceptors (Lipinski definition) is 1. The van der Waals surface area contributed by atoms with Gasteiger partial charge in [0.25, 0.3) is 0 Å². The molecule has 1 heterocycles. The van der Waals surface area contributed by atoms with E-state index < -0.39 is 0 Å². The number of ether oxygens (including phenoxy) is 1. The van der Waals surface area contributed by atoms with Crippen molar-refractivity contribution in [3.63, 3.8) is 0 Å². The summed E-state index contributed by atoms with van der Waals surface area (Å²) in [7, 11) is 0. The van der Waals surface area contributed by atoms with Gasteiger partial charge in [-0.1, -0.05) is 0 Å². The Bertz CT molecular complexity index is 331. The van der Waals surface area contributed by atoms with Crippen molar-refractivity contribution in [1.29, 1.82) is 0 Å².